The van der Waals surface area contributed by atoms with E-state index in [4.69, 9.17) is 4.42 Å². The lowest BCUT2D eigenvalue weighted by molar-refractivity contribution is 0.0433. The first-order valence-corrected chi connectivity index (χ1v) is 11.4. The van der Waals surface area contributed by atoms with E-state index >= 15 is 0 Å². The molecule has 1 atom stereocenters. The highest BCUT2D eigenvalue weighted by Gasteiger charge is 2.35. The topological polar surface area (TPSA) is 74.6 Å². The SMILES string of the molecule is CNC(=O)NCc1ccccc1-c1cccc2cc(C(=O)C[C@@H]3CN4CCC3CC4)oc12. The number of furan rings is 1. The summed E-state index contributed by atoms with van der Waals surface area (Å²) in [6.07, 6.45) is 2.98. The molecule has 2 bridgehead atoms. The molecular formula is C26H29N3O3. The maximum Gasteiger partial charge on any atom is 0.314 e. The smallest absolute Gasteiger partial charge is 0.314 e. The number of rotatable bonds is 6. The van der Waals surface area contributed by atoms with Crippen molar-refractivity contribution in [3.05, 3.63) is 59.9 Å². The van der Waals surface area contributed by atoms with Crippen LogP contribution in [0.3, 0.4) is 0 Å². The lowest BCUT2D eigenvalue weighted by atomic mass is 9.76. The van der Waals surface area contributed by atoms with Gasteiger partial charge < -0.3 is 20.0 Å². The average molecular weight is 432 g/mol. The number of nitrogens with one attached hydrogen (secondary N) is 2. The van der Waals surface area contributed by atoms with Gasteiger partial charge in [-0.25, -0.2) is 4.79 Å². The second kappa shape index (κ2) is 8.79. The van der Waals surface area contributed by atoms with E-state index in [2.05, 4.69) is 15.5 Å². The van der Waals surface area contributed by atoms with Gasteiger partial charge in [-0.15, -0.1) is 0 Å². The van der Waals surface area contributed by atoms with E-state index in [-0.39, 0.29) is 11.8 Å². The molecule has 166 valence electrons. The van der Waals surface area contributed by atoms with Crippen molar-refractivity contribution in [3.8, 4) is 11.1 Å². The number of fused-ring (bicyclic) bond motifs is 4. The van der Waals surface area contributed by atoms with Crippen molar-refractivity contribution in [2.45, 2.75) is 25.8 Å². The summed E-state index contributed by atoms with van der Waals surface area (Å²) >= 11 is 0. The predicted octanol–water partition coefficient (Wildman–Crippen LogP) is 4.44. The van der Waals surface area contributed by atoms with Gasteiger partial charge >= 0.3 is 6.03 Å². The van der Waals surface area contributed by atoms with Crippen LogP contribution in [-0.4, -0.2) is 43.4 Å². The molecule has 2 aromatic carbocycles. The molecule has 32 heavy (non-hydrogen) atoms. The highest BCUT2D eigenvalue weighted by molar-refractivity contribution is 6.01. The first-order valence-electron chi connectivity index (χ1n) is 11.4. The third-order valence-electron chi connectivity index (χ3n) is 7.03. The summed E-state index contributed by atoms with van der Waals surface area (Å²) < 4.78 is 6.18. The van der Waals surface area contributed by atoms with Crippen molar-refractivity contribution in [2.24, 2.45) is 11.8 Å². The van der Waals surface area contributed by atoms with Crippen LogP contribution in [0.4, 0.5) is 4.79 Å². The fourth-order valence-corrected chi connectivity index (χ4v) is 5.27. The van der Waals surface area contributed by atoms with E-state index in [1.807, 2.05) is 48.5 Å². The third-order valence-corrected chi connectivity index (χ3v) is 7.03. The van der Waals surface area contributed by atoms with Gasteiger partial charge in [-0.2, -0.15) is 0 Å². The molecule has 3 fully saturated rings. The van der Waals surface area contributed by atoms with Crippen LogP contribution >= 0.6 is 0 Å². The van der Waals surface area contributed by atoms with Gasteiger partial charge in [0, 0.05) is 37.5 Å². The Hall–Kier alpha value is -3.12. The number of carbonyl (C=O) groups excluding carboxylic acids is 2. The van der Waals surface area contributed by atoms with Crippen molar-refractivity contribution in [3.63, 3.8) is 0 Å². The molecule has 0 spiro atoms. The number of para-hydroxylation sites is 1. The Morgan fingerprint density at radius 1 is 1.06 bits per heavy atom. The number of carbonyl (C=O) groups is 2. The summed E-state index contributed by atoms with van der Waals surface area (Å²) in [5.74, 6) is 1.66. The van der Waals surface area contributed by atoms with Gasteiger partial charge in [0.25, 0.3) is 0 Å². The van der Waals surface area contributed by atoms with Crippen molar-refractivity contribution in [1.29, 1.82) is 0 Å². The monoisotopic (exact) mass is 431 g/mol. The van der Waals surface area contributed by atoms with Crippen molar-refractivity contribution < 1.29 is 14.0 Å². The molecule has 3 aromatic rings. The highest BCUT2D eigenvalue weighted by Crippen LogP contribution is 2.37. The van der Waals surface area contributed by atoms with Gasteiger partial charge in [0.15, 0.2) is 11.5 Å². The van der Waals surface area contributed by atoms with E-state index in [1.54, 1.807) is 7.05 Å². The molecule has 1 aromatic heterocycles. The molecule has 6 heteroatoms. The van der Waals surface area contributed by atoms with Crippen LogP contribution in [-0.2, 0) is 6.54 Å². The zero-order chi connectivity index (χ0) is 22.1. The highest BCUT2D eigenvalue weighted by atomic mass is 16.3. The normalized spacial score (nSPS) is 22.1. The first-order chi connectivity index (χ1) is 15.6. The largest absolute Gasteiger partial charge is 0.452 e. The lowest BCUT2D eigenvalue weighted by Crippen LogP contribution is -2.47. The number of benzene rings is 2. The minimum absolute atomic E-state index is 0.0977. The van der Waals surface area contributed by atoms with Crippen molar-refractivity contribution in [2.75, 3.05) is 26.7 Å². The molecule has 2 amide bonds. The van der Waals surface area contributed by atoms with Gasteiger partial charge in [0.1, 0.15) is 5.58 Å². The minimum Gasteiger partial charge on any atom is -0.452 e. The Labute approximate surface area is 188 Å². The summed E-state index contributed by atoms with van der Waals surface area (Å²) in [4.78, 5) is 27.3. The molecule has 0 aliphatic carbocycles. The van der Waals surface area contributed by atoms with Gasteiger partial charge in [-0.05, 0) is 55.0 Å². The quantitative estimate of drug-likeness (QED) is 0.566. The molecule has 6 nitrogen and oxygen atoms in total. The Kier molecular flexibility index (Phi) is 5.70. The summed E-state index contributed by atoms with van der Waals surface area (Å²) in [6, 6.07) is 15.6. The minimum atomic E-state index is -0.225. The number of urea groups is 1. The van der Waals surface area contributed by atoms with Crippen LogP contribution in [0, 0.1) is 11.8 Å². The Morgan fingerprint density at radius 2 is 1.84 bits per heavy atom. The van der Waals surface area contributed by atoms with Crippen molar-refractivity contribution >= 4 is 22.8 Å². The van der Waals surface area contributed by atoms with Crippen LogP contribution in [0.25, 0.3) is 22.1 Å². The summed E-state index contributed by atoms with van der Waals surface area (Å²) in [7, 11) is 1.60. The molecule has 3 saturated heterocycles. The van der Waals surface area contributed by atoms with Gasteiger partial charge in [0.05, 0.1) is 0 Å². The number of hydrogen-bond acceptors (Lipinski definition) is 4. The van der Waals surface area contributed by atoms with Gasteiger partial charge in [-0.1, -0.05) is 42.5 Å². The number of ketones is 1. The van der Waals surface area contributed by atoms with E-state index in [0.29, 0.717) is 30.6 Å². The first kappa shape index (κ1) is 20.8. The van der Waals surface area contributed by atoms with Crippen molar-refractivity contribution in [1.82, 2.24) is 15.5 Å². The zero-order valence-electron chi connectivity index (χ0n) is 18.4. The van der Waals surface area contributed by atoms with E-state index in [0.717, 1.165) is 34.2 Å². The summed E-state index contributed by atoms with van der Waals surface area (Å²) in [5, 5.41) is 6.35. The number of hydrogen-bond donors (Lipinski definition) is 2. The molecule has 2 N–H and O–H groups in total. The van der Waals surface area contributed by atoms with Crippen LogP contribution in [0.1, 0.15) is 35.4 Å². The van der Waals surface area contributed by atoms with Crippen LogP contribution in [0.15, 0.2) is 52.9 Å². The molecule has 0 saturated carbocycles. The van der Waals surface area contributed by atoms with Crippen LogP contribution in [0.2, 0.25) is 0 Å². The maximum atomic E-state index is 13.1. The predicted molar refractivity (Wildman–Crippen MR) is 125 cm³/mol. The molecule has 0 radical (unpaired) electrons. The standard InChI is InChI=1S/C26H29N3O3/c1-27-26(31)28-15-19-5-2-3-7-21(19)22-8-4-6-18-14-24(32-25(18)22)23(30)13-20-16-29-11-9-17(20)10-12-29/h2-8,14,17,20H,9-13,15-16H2,1H3,(H2,27,28,31)/t20-/m1/s1. The molecule has 4 heterocycles. The zero-order valence-corrected chi connectivity index (χ0v) is 18.4. The Bertz CT molecular complexity index is 1140. The van der Waals surface area contributed by atoms with E-state index in [1.165, 1.54) is 25.9 Å². The molecular weight excluding hydrogens is 402 g/mol. The summed E-state index contributed by atoms with van der Waals surface area (Å²) in [6.45, 7) is 3.79. The average Bonchev–Trinajstić information content (AvgIpc) is 3.28. The second-order valence-corrected chi connectivity index (χ2v) is 8.95. The maximum absolute atomic E-state index is 13.1. The second-order valence-electron chi connectivity index (χ2n) is 8.95. The lowest BCUT2D eigenvalue weighted by Gasteiger charge is -2.44. The van der Waals surface area contributed by atoms with Gasteiger partial charge in [0.2, 0.25) is 0 Å². The number of Topliss-reactive ketones (excluding diaryl/α,β-unsaturated/α-hetero) is 1. The molecule has 6 rings (SSSR count). The number of nitrogens with zero attached hydrogens (tertiary/aromatic N) is 1. The van der Waals surface area contributed by atoms with Crippen LogP contribution in [0.5, 0.6) is 0 Å². The van der Waals surface area contributed by atoms with Gasteiger partial charge in [-0.3, -0.25) is 4.79 Å². The third kappa shape index (κ3) is 4.02. The number of piperidine rings is 3. The summed E-state index contributed by atoms with van der Waals surface area (Å²) in [5.41, 5.74) is 3.62. The van der Waals surface area contributed by atoms with E-state index < -0.39 is 0 Å². The molecule has 3 aliphatic rings. The molecule has 0 unspecified atom stereocenters. The van der Waals surface area contributed by atoms with E-state index in [9.17, 15) is 9.59 Å². The Morgan fingerprint density at radius 3 is 2.59 bits per heavy atom. The number of amides is 2. The Balaban J connectivity index is 1.42. The fourth-order valence-electron chi connectivity index (χ4n) is 5.27. The molecule has 3 aliphatic heterocycles. The van der Waals surface area contributed by atoms with Crippen LogP contribution < -0.4 is 10.6 Å². The fraction of sp³-hybridized carbons (Fsp3) is 0.385.